The second kappa shape index (κ2) is 55.4. The topological polar surface area (TPSA) is 363 Å². The van der Waals surface area contributed by atoms with Crippen LogP contribution in [0.5, 0.6) is 0 Å². The maximum absolute atomic E-state index is 13.5. The zero-order valence-electron chi connectivity index (χ0n) is 76.2. The molecule has 0 spiro atoms. The Hall–Kier alpha value is -11.8. The highest BCUT2D eigenvalue weighted by molar-refractivity contribution is 5.95. The van der Waals surface area contributed by atoms with Gasteiger partial charge in [0.2, 0.25) is 17.7 Å². The number of hydrogen-bond donors (Lipinski definition) is 13. The molecule has 28 heteroatoms. The third-order valence-electron chi connectivity index (χ3n) is 23.1. The predicted octanol–water partition coefficient (Wildman–Crippen LogP) is 8.52. The Kier molecular flexibility index (Phi) is 43.6. The van der Waals surface area contributed by atoms with E-state index in [2.05, 4.69) is 70.6 Å². The number of para-hydroxylation sites is 3. The van der Waals surface area contributed by atoms with Crippen molar-refractivity contribution in [1.29, 1.82) is 0 Å². The summed E-state index contributed by atoms with van der Waals surface area (Å²) in [6, 6.07) is 78.8. The summed E-state index contributed by atoms with van der Waals surface area (Å²) in [6.45, 7) is 9.92. The fourth-order valence-corrected chi connectivity index (χ4v) is 16.3. The summed E-state index contributed by atoms with van der Waals surface area (Å²) in [5.74, 6) is 3.22. The Labute approximate surface area is 770 Å². The Morgan fingerprint density at radius 1 is 0.351 bits per heavy atom. The average Bonchev–Trinajstić information content (AvgIpc) is 1.65. The van der Waals surface area contributed by atoms with Gasteiger partial charge >= 0.3 is 0 Å². The lowest BCUT2D eigenvalue weighted by Crippen LogP contribution is -2.49. The molecule has 3 heterocycles. The molecule has 0 aliphatic carbocycles. The van der Waals surface area contributed by atoms with Gasteiger partial charge in [-0.15, -0.1) is 0 Å². The van der Waals surface area contributed by atoms with Crippen molar-refractivity contribution in [3.8, 4) is 11.8 Å². The first kappa shape index (κ1) is 103. The quantitative estimate of drug-likeness (QED) is 0.0126. The highest BCUT2D eigenvalue weighted by Gasteiger charge is 2.52. The number of anilines is 3. The van der Waals surface area contributed by atoms with Gasteiger partial charge in [-0.25, -0.2) is 0 Å². The van der Waals surface area contributed by atoms with Crippen LogP contribution in [-0.4, -0.2) is 248 Å². The number of rotatable bonds is 42. The smallest absolute Gasteiger partial charge is 0.252 e. The maximum atomic E-state index is 13.5. The molecule has 28 nitrogen and oxygen atoms in total. The van der Waals surface area contributed by atoms with Gasteiger partial charge in [-0.2, -0.15) is 15.2 Å². The third-order valence-corrected chi connectivity index (χ3v) is 23.1. The van der Waals surface area contributed by atoms with Gasteiger partial charge in [-0.05, 0) is 178 Å². The van der Waals surface area contributed by atoms with Crippen LogP contribution in [0.3, 0.4) is 0 Å². The van der Waals surface area contributed by atoms with Gasteiger partial charge < -0.3 is 82.3 Å². The van der Waals surface area contributed by atoms with Crippen LogP contribution in [-0.2, 0) is 61.4 Å². The van der Waals surface area contributed by atoms with E-state index in [1.165, 1.54) is 0 Å². The lowest BCUT2D eigenvalue weighted by molar-refractivity contribution is -0.182. The van der Waals surface area contributed by atoms with Crippen LogP contribution >= 0.6 is 0 Å². The van der Waals surface area contributed by atoms with Gasteiger partial charge in [0, 0.05) is 138 Å². The van der Waals surface area contributed by atoms with Crippen molar-refractivity contribution in [1.82, 2.24) is 47.1 Å². The molecule has 9 aromatic carbocycles. The van der Waals surface area contributed by atoms with Gasteiger partial charge in [-0.3, -0.25) is 43.3 Å². The molecule has 0 bridgehead atoms. The Balaban J connectivity index is 0.000000219. The summed E-state index contributed by atoms with van der Waals surface area (Å²) in [5.41, 5.74) is 10.9. The summed E-state index contributed by atoms with van der Waals surface area (Å²) < 4.78 is 0. The Morgan fingerprint density at radius 2 is 0.626 bits per heavy atom. The van der Waals surface area contributed by atoms with Crippen LogP contribution in [0.4, 0.5) is 17.1 Å². The second-order valence-electron chi connectivity index (χ2n) is 32.8. The molecule has 3 aliphatic heterocycles. The molecule has 0 saturated carbocycles. The van der Waals surface area contributed by atoms with E-state index < -0.39 is 72.5 Å². The van der Waals surface area contributed by atoms with E-state index in [1.54, 1.807) is 72.4 Å². The average molecular weight is 1790 g/mol. The van der Waals surface area contributed by atoms with E-state index >= 15 is 0 Å². The second-order valence-corrected chi connectivity index (χ2v) is 32.8. The minimum atomic E-state index is -0.870. The summed E-state index contributed by atoms with van der Waals surface area (Å²) in [4.78, 5) is 102. The molecule has 6 amide bonds. The van der Waals surface area contributed by atoms with Crippen molar-refractivity contribution in [2.45, 2.75) is 140 Å². The number of carbonyl (C=O) groups excluding carboxylic acids is 6. The summed E-state index contributed by atoms with van der Waals surface area (Å²) in [7, 11) is 7.06. The number of aryl methyl sites for hydroxylation is 2. The minimum Gasteiger partial charge on any atom is -0.400 e. The van der Waals surface area contributed by atoms with Gasteiger partial charge in [0.1, 0.15) is 36.4 Å². The summed E-state index contributed by atoms with van der Waals surface area (Å²) in [5, 5.41) is 91.2. The van der Waals surface area contributed by atoms with Crippen LogP contribution in [0.1, 0.15) is 117 Å². The first-order valence-corrected chi connectivity index (χ1v) is 45.1. The molecule has 700 valence electrons. The molecule has 12 rings (SSSR count). The number of aliphatic hydroxyl groups is 7. The van der Waals surface area contributed by atoms with E-state index in [9.17, 15) is 59.4 Å². The number of nitrogens with zero attached hydrogens (tertiary/aromatic N) is 6. The lowest BCUT2D eigenvalue weighted by Gasteiger charge is -2.27. The molecule has 12 atom stereocenters. The first-order valence-electron chi connectivity index (χ1n) is 45.1. The molecule has 3 aliphatic rings. The number of nitrogens with one attached hydrogen (secondary N) is 6. The summed E-state index contributed by atoms with van der Waals surface area (Å²) >= 11 is 0. The molecule has 0 radical (unpaired) electrons. The van der Waals surface area contributed by atoms with Crippen molar-refractivity contribution in [3.63, 3.8) is 0 Å². The Morgan fingerprint density at radius 3 is 0.931 bits per heavy atom. The van der Waals surface area contributed by atoms with Gasteiger partial charge in [0.25, 0.3) is 17.7 Å². The molecule has 9 aromatic rings. The third kappa shape index (κ3) is 32.3. The van der Waals surface area contributed by atoms with Crippen molar-refractivity contribution in [2.75, 3.05) is 122 Å². The molecular formula is C103H132N12O16. The van der Waals surface area contributed by atoms with Crippen molar-refractivity contribution >= 4 is 52.5 Å². The highest BCUT2D eigenvalue weighted by Crippen LogP contribution is 2.36. The zero-order chi connectivity index (χ0) is 93.8. The van der Waals surface area contributed by atoms with Crippen molar-refractivity contribution in [3.05, 3.63) is 305 Å². The lowest BCUT2D eigenvalue weighted by atomic mass is 9.89. The van der Waals surface area contributed by atoms with Crippen molar-refractivity contribution in [2.24, 2.45) is 17.8 Å². The first-order chi connectivity index (χ1) is 63.6. The van der Waals surface area contributed by atoms with Gasteiger partial charge in [-0.1, -0.05) is 182 Å². The standard InChI is InChI=1S/2C34H44N4O5.C34H40N4O5.CH4O/c3*1-25(40)31-30(24-39)43-38(32(31)34(42)36-20-11-21-37(2)29-17-7-4-8-18-29)23-27-13-9-12-26(22-27)14-10-19-35-33(41)28-15-5-3-6-16-28;1-2/h2*3-9,12-13,15-18,22,25,30-32,39-40H,10-11,14,19-21,23-24H2,1-2H3,(H,35,41)(H,36,42);3-9,12-13,15-18,22,25,30-32,39-40H,11,19-21,23-24H2,1-2H3,(H,35,41)(H,36,42);2H,1H3/t3*25-,30-,31+,32-;/m111./s1. The van der Waals surface area contributed by atoms with E-state index in [1.807, 2.05) is 227 Å². The van der Waals surface area contributed by atoms with E-state index in [4.69, 9.17) is 19.6 Å². The van der Waals surface area contributed by atoms with Crippen molar-refractivity contribution < 1.29 is 79.0 Å². The molecule has 0 unspecified atom stereocenters. The number of hydroxylamine groups is 6. The minimum absolute atomic E-state index is 0.0841. The predicted molar refractivity (Wildman–Crippen MR) is 509 cm³/mol. The van der Waals surface area contributed by atoms with Crippen LogP contribution in [0.15, 0.2) is 255 Å². The molecular weight excluding hydrogens is 1660 g/mol. The normalized spacial score (nSPS) is 18.7. The number of carbonyl (C=O) groups is 6. The maximum Gasteiger partial charge on any atom is 0.252 e. The van der Waals surface area contributed by atoms with Crippen LogP contribution in [0.2, 0.25) is 0 Å². The molecule has 131 heavy (non-hydrogen) atoms. The number of hydrogen-bond acceptors (Lipinski definition) is 22. The van der Waals surface area contributed by atoms with E-state index in [0.29, 0.717) is 62.5 Å². The molecule has 13 N–H and O–H groups in total. The van der Waals surface area contributed by atoms with Gasteiger partial charge in [0.05, 0.1) is 64.3 Å². The zero-order valence-corrected chi connectivity index (χ0v) is 76.2. The summed E-state index contributed by atoms with van der Waals surface area (Å²) in [6.07, 6.45) is 0.713. The fraction of sp³-hybridized carbons (Fsp3) is 0.398. The monoisotopic (exact) mass is 1790 g/mol. The number of aliphatic hydroxyl groups excluding tert-OH is 7. The molecule has 0 aromatic heterocycles. The SMILES string of the molecule is CO.C[C@@H](O)[C@H]1[C@@H](CO)ON(Cc2cccc(C#CCNC(=O)c3ccccc3)c2)[C@H]1C(=O)NCCCN(C)c1ccccc1.C[C@@H](O)[C@H]1[C@@H](CO)ON(Cc2cccc(CCCNC(=O)c3ccccc3)c2)[C@H]1C(=O)NCCCN(C)c1ccccc1.C[C@@H](O)[C@H]1[C@@H](CO)ON(Cc2cccc(CCCNC(=O)c3ccccc3)c2)[C@H]1C(=O)NCCCN(C)c1ccccc1. The van der Waals surface area contributed by atoms with Gasteiger partial charge in [0.15, 0.2) is 0 Å². The molecule has 3 fully saturated rings. The van der Waals surface area contributed by atoms with Crippen LogP contribution in [0, 0.1) is 29.6 Å². The Bertz CT molecular complexity index is 4750. The van der Waals surface area contributed by atoms with Crippen LogP contribution in [0.25, 0.3) is 0 Å². The largest absolute Gasteiger partial charge is 0.400 e. The number of benzene rings is 9. The van der Waals surface area contributed by atoms with Crippen LogP contribution < -0.4 is 46.6 Å². The van der Waals surface area contributed by atoms with E-state index in [-0.39, 0.29) is 68.4 Å². The fourth-order valence-electron chi connectivity index (χ4n) is 16.3. The van der Waals surface area contributed by atoms with E-state index in [0.717, 1.165) is 122 Å². The number of amides is 6. The highest BCUT2D eigenvalue weighted by atomic mass is 16.7. The molecule has 3 saturated heterocycles.